The predicted octanol–water partition coefficient (Wildman–Crippen LogP) is 2.31. The molecule has 39 heavy (non-hydrogen) atoms. The van der Waals surface area contributed by atoms with E-state index in [1.807, 2.05) is 74.5 Å². The molecule has 3 amide bonds. The molecule has 0 aromatic heterocycles. The molecule has 2 aromatic rings. The topological polar surface area (TPSA) is 134 Å². The second kappa shape index (κ2) is 16.3. The van der Waals surface area contributed by atoms with Gasteiger partial charge in [-0.2, -0.15) is 0 Å². The number of amides is 3. The van der Waals surface area contributed by atoms with Crippen molar-refractivity contribution < 1.29 is 29.0 Å². The Kier molecular flexibility index (Phi) is 13.2. The van der Waals surface area contributed by atoms with Crippen molar-refractivity contribution in [3.8, 4) is 0 Å². The first-order valence-corrected chi connectivity index (χ1v) is 13.3. The molecule has 2 aromatic carbocycles. The van der Waals surface area contributed by atoms with E-state index in [0.717, 1.165) is 11.1 Å². The number of methoxy groups -OCH3 is 1. The molecule has 4 N–H and O–H groups in total. The van der Waals surface area contributed by atoms with Gasteiger partial charge < -0.3 is 25.8 Å². The molecule has 4 atom stereocenters. The maximum Gasteiger partial charge on any atom is 0.306 e. The Morgan fingerprint density at radius 1 is 0.821 bits per heavy atom. The highest BCUT2D eigenvalue weighted by Crippen LogP contribution is 2.15. The molecule has 0 saturated carbocycles. The number of aliphatic hydroxyl groups excluding tert-OH is 1. The van der Waals surface area contributed by atoms with Gasteiger partial charge in [0.2, 0.25) is 17.7 Å². The lowest BCUT2D eigenvalue weighted by molar-refractivity contribution is -0.142. The van der Waals surface area contributed by atoms with E-state index < -0.39 is 30.2 Å². The lowest BCUT2D eigenvalue weighted by atomic mass is 9.92. The van der Waals surface area contributed by atoms with Gasteiger partial charge in [0.25, 0.3) is 0 Å². The zero-order valence-corrected chi connectivity index (χ0v) is 23.2. The fraction of sp³-hybridized carbons (Fsp3) is 0.467. The first-order chi connectivity index (χ1) is 18.6. The van der Waals surface area contributed by atoms with Gasteiger partial charge in [-0.05, 0) is 36.3 Å². The van der Waals surface area contributed by atoms with Crippen LogP contribution in [0.1, 0.15) is 51.2 Å². The molecule has 9 nitrogen and oxygen atoms in total. The standard InChI is InChI=1S/C30H41N3O6/c1-20(2)29(31-21(3)34)30(38)33-25(18-23-13-9-6-10-14-23)26(35)19-24(17-22-11-7-5-8-12-22)32-27(36)15-16-28(37)39-4/h5-14,20,24-26,29,35H,15-19H2,1-4H3,(H,31,34)(H,32,36)(H,33,38)/t24-,25-,26-,29-/m0/s1. The normalized spacial score (nSPS) is 14.0. The molecule has 212 valence electrons. The van der Waals surface area contributed by atoms with E-state index in [1.165, 1.54) is 14.0 Å². The van der Waals surface area contributed by atoms with Crippen LogP contribution in [-0.2, 0) is 36.8 Å². The van der Waals surface area contributed by atoms with E-state index in [-0.39, 0.29) is 42.9 Å². The van der Waals surface area contributed by atoms with E-state index in [0.29, 0.717) is 12.8 Å². The number of rotatable bonds is 15. The minimum Gasteiger partial charge on any atom is -0.469 e. The van der Waals surface area contributed by atoms with Crippen LogP contribution in [0, 0.1) is 5.92 Å². The smallest absolute Gasteiger partial charge is 0.306 e. The number of esters is 1. The van der Waals surface area contributed by atoms with Crippen molar-refractivity contribution in [2.45, 2.75) is 77.1 Å². The molecule has 0 aliphatic heterocycles. The summed E-state index contributed by atoms with van der Waals surface area (Å²) in [5, 5.41) is 20.0. The van der Waals surface area contributed by atoms with Crippen molar-refractivity contribution in [3.63, 3.8) is 0 Å². The van der Waals surface area contributed by atoms with Gasteiger partial charge in [-0.15, -0.1) is 0 Å². The fourth-order valence-corrected chi connectivity index (χ4v) is 4.34. The Morgan fingerprint density at radius 2 is 1.38 bits per heavy atom. The summed E-state index contributed by atoms with van der Waals surface area (Å²) >= 11 is 0. The van der Waals surface area contributed by atoms with E-state index >= 15 is 0 Å². The van der Waals surface area contributed by atoms with E-state index in [9.17, 15) is 24.3 Å². The molecule has 9 heteroatoms. The minimum absolute atomic E-state index is 0.0367. The van der Waals surface area contributed by atoms with Crippen molar-refractivity contribution in [1.82, 2.24) is 16.0 Å². The third-order valence-corrected chi connectivity index (χ3v) is 6.40. The van der Waals surface area contributed by atoms with Crippen molar-refractivity contribution in [2.75, 3.05) is 7.11 Å². The first-order valence-electron chi connectivity index (χ1n) is 13.3. The number of ether oxygens (including phenoxy) is 1. The van der Waals surface area contributed by atoms with Crippen molar-refractivity contribution >= 4 is 23.7 Å². The molecule has 0 bridgehead atoms. The van der Waals surface area contributed by atoms with Gasteiger partial charge in [-0.3, -0.25) is 19.2 Å². The number of benzene rings is 2. The molecule has 0 aliphatic rings. The molecular weight excluding hydrogens is 498 g/mol. The average molecular weight is 540 g/mol. The summed E-state index contributed by atoms with van der Waals surface area (Å²) in [6, 6.07) is 17.1. The van der Waals surface area contributed by atoms with Gasteiger partial charge in [0.1, 0.15) is 6.04 Å². The van der Waals surface area contributed by atoms with Gasteiger partial charge >= 0.3 is 5.97 Å². The van der Waals surface area contributed by atoms with Crippen LogP contribution in [-0.4, -0.2) is 60.1 Å². The molecule has 0 fully saturated rings. The largest absolute Gasteiger partial charge is 0.469 e. The van der Waals surface area contributed by atoms with Crippen LogP contribution < -0.4 is 16.0 Å². The number of carbonyl (C=O) groups excluding carboxylic acids is 4. The predicted molar refractivity (Wildman–Crippen MR) is 148 cm³/mol. The lowest BCUT2D eigenvalue weighted by Crippen LogP contribution is -2.55. The van der Waals surface area contributed by atoms with Crippen LogP contribution in [0.3, 0.4) is 0 Å². The second-order valence-electron chi connectivity index (χ2n) is 10.1. The Labute approximate surface area is 230 Å². The molecule has 0 aliphatic carbocycles. The number of carbonyl (C=O) groups is 4. The van der Waals surface area contributed by atoms with E-state index in [2.05, 4.69) is 20.7 Å². The van der Waals surface area contributed by atoms with Crippen LogP contribution in [0.2, 0.25) is 0 Å². The number of hydrogen-bond donors (Lipinski definition) is 4. The molecule has 0 unspecified atom stereocenters. The van der Waals surface area contributed by atoms with Crippen LogP contribution >= 0.6 is 0 Å². The molecule has 0 saturated heterocycles. The molecule has 0 heterocycles. The highest BCUT2D eigenvalue weighted by atomic mass is 16.5. The highest BCUT2D eigenvalue weighted by molar-refractivity contribution is 5.87. The fourth-order valence-electron chi connectivity index (χ4n) is 4.34. The SMILES string of the molecule is COC(=O)CCC(=O)N[C@@H](Cc1ccccc1)C[C@H](O)[C@H](Cc1ccccc1)NC(=O)[C@@H](NC(C)=O)C(C)C. The number of aliphatic hydroxyl groups is 1. The molecule has 2 rings (SSSR count). The Hall–Kier alpha value is -3.72. The van der Waals surface area contributed by atoms with Gasteiger partial charge in [0.05, 0.1) is 25.7 Å². The minimum atomic E-state index is -1.02. The molecule has 0 spiro atoms. The maximum atomic E-state index is 13.2. The third-order valence-electron chi connectivity index (χ3n) is 6.40. The summed E-state index contributed by atoms with van der Waals surface area (Å²) in [4.78, 5) is 49.0. The quantitative estimate of drug-likeness (QED) is 0.257. The van der Waals surface area contributed by atoms with Crippen molar-refractivity contribution in [3.05, 3.63) is 71.8 Å². The second-order valence-corrected chi connectivity index (χ2v) is 10.1. The van der Waals surface area contributed by atoms with Gasteiger partial charge in [-0.25, -0.2) is 0 Å². The van der Waals surface area contributed by atoms with Crippen LogP contribution in [0.5, 0.6) is 0 Å². The van der Waals surface area contributed by atoms with E-state index in [4.69, 9.17) is 0 Å². The Bertz CT molecular complexity index is 1060. The van der Waals surface area contributed by atoms with Gasteiger partial charge in [0.15, 0.2) is 0 Å². The summed E-state index contributed by atoms with van der Waals surface area (Å²) in [5.74, 6) is -1.68. The average Bonchev–Trinajstić information content (AvgIpc) is 2.90. The lowest BCUT2D eigenvalue weighted by Gasteiger charge is -2.30. The first kappa shape index (κ1) is 31.5. The Morgan fingerprint density at radius 3 is 1.90 bits per heavy atom. The number of hydrogen-bond acceptors (Lipinski definition) is 6. The van der Waals surface area contributed by atoms with Crippen molar-refractivity contribution in [2.24, 2.45) is 5.92 Å². The summed E-state index contributed by atoms with van der Waals surface area (Å²) in [5.41, 5.74) is 1.89. The number of nitrogens with one attached hydrogen (secondary N) is 3. The third kappa shape index (κ3) is 11.7. The summed E-state index contributed by atoms with van der Waals surface area (Å²) < 4.78 is 4.63. The monoisotopic (exact) mass is 539 g/mol. The summed E-state index contributed by atoms with van der Waals surface area (Å²) in [6.45, 7) is 5.03. The maximum absolute atomic E-state index is 13.2. The van der Waals surface area contributed by atoms with Gasteiger partial charge in [0, 0.05) is 19.4 Å². The van der Waals surface area contributed by atoms with Crippen molar-refractivity contribution in [1.29, 1.82) is 0 Å². The zero-order valence-electron chi connectivity index (χ0n) is 23.2. The van der Waals surface area contributed by atoms with Crippen LogP contribution in [0.4, 0.5) is 0 Å². The van der Waals surface area contributed by atoms with Crippen LogP contribution in [0.15, 0.2) is 60.7 Å². The zero-order chi connectivity index (χ0) is 28.8. The highest BCUT2D eigenvalue weighted by Gasteiger charge is 2.30. The van der Waals surface area contributed by atoms with Gasteiger partial charge in [-0.1, -0.05) is 74.5 Å². The Balaban J connectivity index is 2.24. The summed E-state index contributed by atoms with van der Waals surface area (Å²) in [7, 11) is 1.27. The molecular formula is C30H41N3O6. The molecule has 0 radical (unpaired) electrons. The van der Waals surface area contributed by atoms with E-state index in [1.54, 1.807) is 0 Å². The van der Waals surface area contributed by atoms with Crippen LogP contribution in [0.25, 0.3) is 0 Å². The summed E-state index contributed by atoms with van der Waals surface area (Å²) in [6.07, 6.45) is -0.140.